The van der Waals surface area contributed by atoms with Crippen molar-refractivity contribution in [3.05, 3.63) is 53.1 Å². The van der Waals surface area contributed by atoms with Gasteiger partial charge in [-0.05, 0) is 36.8 Å². The molecule has 150 valence electrons. The van der Waals surface area contributed by atoms with Crippen LogP contribution in [0.25, 0.3) is 10.2 Å². The number of rotatable bonds is 3. The molecule has 0 unspecified atom stereocenters. The van der Waals surface area contributed by atoms with Gasteiger partial charge in [0.05, 0.1) is 16.1 Å². The molecule has 0 N–H and O–H groups in total. The van der Waals surface area contributed by atoms with Crippen molar-refractivity contribution in [3.63, 3.8) is 0 Å². The van der Waals surface area contributed by atoms with Gasteiger partial charge in [-0.2, -0.15) is 0 Å². The summed E-state index contributed by atoms with van der Waals surface area (Å²) in [7, 11) is 0. The number of amides is 1. The average Bonchev–Trinajstić information content (AvgIpc) is 3.12. The molecule has 2 aromatic carbocycles. The molecular weight excluding hydrogens is 404 g/mol. The van der Waals surface area contributed by atoms with Crippen molar-refractivity contribution in [1.82, 2.24) is 9.88 Å². The zero-order valence-corrected chi connectivity index (χ0v) is 17.9. The molecular formula is C22H23ClN4OS. The van der Waals surface area contributed by atoms with E-state index in [0.29, 0.717) is 0 Å². The Morgan fingerprint density at radius 3 is 2.59 bits per heavy atom. The van der Waals surface area contributed by atoms with Gasteiger partial charge in [0.2, 0.25) is 5.91 Å². The van der Waals surface area contributed by atoms with Crippen molar-refractivity contribution >= 4 is 49.9 Å². The molecule has 0 spiro atoms. The van der Waals surface area contributed by atoms with Crippen LogP contribution in [0.1, 0.15) is 5.56 Å². The number of hydrogen-bond acceptors (Lipinski definition) is 5. The molecule has 3 aromatic rings. The summed E-state index contributed by atoms with van der Waals surface area (Å²) in [6, 6.07) is 14.2. The van der Waals surface area contributed by atoms with E-state index in [1.807, 2.05) is 35.2 Å². The third kappa shape index (κ3) is 3.55. The summed E-state index contributed by atoms with van der Waals surface area (Å²) in [5.41, 5.74) is 3.43. The van der Waals surface area contributed by atoms with Gasteiger partial charge in [-0.3, -0.25) is 4.79 Å². The van der Waals surface area contributed by atoms with Crippen LogP contribution in [0.3, 0.4) is 0 Å². The molecule has 0 aliphatic carbocycles. The van der Waals surface area contributed by atoms with Crippen molar-refractivity contribution in [2.45, 2.75) is 6.92 Å². The summed E-state index contributed by atoms with van der Waals surface area (Å²) in [6.45, 7) is 6.88. The van der Waals surface area contributed by atoms with Crippen LogP contribution < -0.4 is 9.80 Å². The number of benzene rings is 2. The number of hydrogen-bond donors (Lipinski definition) is 0. The number of fused-ring (bicyclic) bond motifs is 1. The Balaban J connectivity index is 1.17. The fraction of sp³-hybridized carbons (Fsp3) is 0.364. The van der Waals surface area contributed by atoms with Crippen molar-refractivity contribution in [2.75, 3.05) is 49.1 Å². The number of halogens is 1. The second kappa shape index (κ2) is 7.50. The first-order valence-electron chi connectivity index (χ1n) is 9.99. The minimum Gasteiger partial charge on any atom is -0.368 e. The van der Waals surface area contributed by atoms with E-state index in [1.54, 1.807) is 11.3 Å². The van der Waals surface area contributed by atoms with Gasteiger partial charge < -0.3 is 14.7 Å². The molecule has 0 radical (unpaired) electrons. The number of carbonyl (C=O) groups is 1. The highest BCUT2D eigenvalue weighted by molar-refractivity contribution is 7.22. The maximum Gasteiger partial charge on any atom is 0.229 e. The van der Waals surface area contributed by atoms with Crippen molar-refractivity contribution in [2.24, 2.45) is 5.92 Å². The highest BCUT2D eigenvalue weighted by Crippen LogP contribution is 2.33. The largest absolute Gasteiger partial charge is 0.368 e. The van der Waals surface area contributed by atoms with Crippen LogP contribution in [0, 0.1) is 12.8 Å². The third-order valence-corrected chi connectivity index (χ3v) is 7.22. The van der Waals surface area contributed by atoms with Gasteiger partial charge in [0, 0.05) is 50.0 Å². The van der Waals surface area contributed by atoms with E-state index >= 15 is 0 Å². The topological polar surface area (TPSA) is 39.7 Å². The number of aryl methyl sites for hydroxylation is 1. The van der Waals surface area contributed by atoms with Crippen LogP contribution in [0.15, 0.2) is 42.5 Å². The highest BCUT2D eigenvalue weighted by Gasteiger charge is 2.37. The number of piperazine rings is 1. The zero-order valence-electron chi connectivity index (χ0n) is 16.3. The second-order valence-corrected chi connectivity index (χ2v) is 9.25. The van der Waals surface area contributed by atoms with Crippen LogP contribution in [-0.2, 0) is 4.79 Å². The number of carbonyl (C=O) groups excluding carboxylic acids is 1. The Kier molecular flexibility index (Phi) is 4.84. The molecule has 2 aliphatic heterocycles. The van der Waals surface area contributed by atoms with Crippen LogP contribution >= 0.6 is 22.9 Å². The van der Waals surface area contributed by atoms with Gasteiger partial charge in [0.1, 0.15) is 0 Å². The highest BCUT2D eigenvalue weighted by atomic mass is 35.5. The van der Waals surface area contributed by atoms with Gasteiger partial charge in [-0.1, -0.05) is 41.1 Å². The molecule has 29 heavy (non-hydrogen) atoms. The predicted molar refractivity (Wildman–Crippen MR) is 120 cm³/mol. The minimum atomic E-state index is 0.0847. The van der Waals surface area contributed by atoms with E-state index in [1.165, 1.54) is 16.0 Å². The van der Waals surface area contributed by atoms with Crippen molar-refractivity contribution < 1.29 is 4.79 Å². The lowest BCUT2D eigenvalue weighted by molar-refractivity contribution is -0.136. The van der Waals surface area contributed by atoms with Crippen LogP contribution in [0.4, 0.5) is 10.8 Å². The first-order valence-corrected chi connectivity index (χ1v) is 11.2. The Morgan fingerprint density at radius 2 is 1.83 bits per heavy atom. The maximum atomic E-state index is 12.9. The zero-order chi connectivity index (χ0) is 20.0. The fourth-order valence-corrected chi connectivity index (χ4v) is 5.29. The first kappa shape index (κ1) is 18.7. The molecule has 5 rings (SSSR count). The van der Waals surface area contributed by atoms with E-state index in [9.17, 15) is 4.79 Å². The summed E-state index contributed by atoms with van der Waals surface area (Å²) >= 11 is 7.88. The van der Waals surface area contributed by atoms with E-state index < -0.39 is 0 Å². The van der Waals surface area contributed by atoms with E-state index in [-0.39, 0.29) is 11.8 Å². The summed E-state index contributed by atoms with van der Waals surface area (Å²) in [6.07, 6.45) is 0. The van der Waals surface area contributed by atoms with Gasteiger partial charge in [0.15, 0.2) is 5.13 Å². The Bertz CT molecular complexity index is 1020. The Labute approximate surface area is 179 Å². The number of thiazole rings is 1. The molecule has 0 saturated carbocycles. The van der Waals surface area contributed by atoms with Gasteiger partial charge in [-0.25, -0.2) is 4.98 Å². The van der Waals surface area contributed by atoms with Gasteiger partial charge in [-0.15, -0.1) is 0 Å². The maximum absolute atomic E-state index is 12.9. The van der Waals surface area contributed by atoms with Crippen LogP contribution in [0.5, 0.6) is 0 Å². The Hall–Kier alpha value is -2.31. The Morgan fingerprint density at radius 1 is 1.07 bits per heavy atom. The lowest BCUT2D eigenvalue weighted by Gasteiger charge is -2.43. The van der Waals surface area contributed by atoms with E-state index in [0.717, 1.165) is 54.9 Å². The standard InChI is InChI=1S/C22H23ClN4OS/c1-15-6-7-17(23)12-19(15)25-8-10-26(11-9-25)21(28)16-13-27(14-16)22-24-18-4-2-3-5-20(18)29-22/h2-7,12,16H,8-11,13-14H2,1H3. The molecule has 5 nitrogen and oxygen atoms in total. The monoisotopic (exact) mass is 426 g/mol. The van der Waals surface area contributed by atoms with Gasteiger partial charge >= 0.3 is 0 Å². The third-order valence-electron chi connectivity index (χ3n) is 5.89. The lowest BCUT2D eigenvalue weighted by atomic mass is 9.98. The average molecular weight is 427 g/mol. The number of anilines is 2. The quantitative estimate of drug-likeness (QED) is 0.633. The van der Waals surface area contributed by atoms with Crippen LogP contribution in [-0.4, -0.2) is 55.1 Å². The number of para-hydroxylation sites is 1. The lowest BCUT2D eigenvalue weighted by Crippen LogP contribution is -2.58. The molecule has 0 atom stereocenters. The second-order valence-electron chi connectivity index (χ2n) is 7.81. The molecule has 3 heterocycles. The smallest absolute Gasteiger partial charge is 0.229 e. The molecule has 2 aliphatic rings. The van der Waals surface area contributed by atoms with Crippen LogP contribution in [0.2, 0.25) is 5.02 Å². The van der Waals surface area contributed by atoms with Crippen molar-refractivity contribution in [1.29, 1.82) is 0 Å². The molecule has 1 amide bonds. The summed E-state index contributed by atoms with van der Waals surface area (Å²) in [5, 5.41) is 1.78. The molecule has 2 saturated heterocycles. The SMILES string of the molecule is Cc1ccc(Cl)cc1N1CCN(C(=O)C2CN(c3nc4ccccc4s3)C2)CC1. The summed E-state index contributed by atoms with van der Waals surface area (Å²) in [4.78, 5) is 24.2. The van der Waals surface area contributed by atoms with Crippen molar-refractivity contribution in [3.8, 4) is 0 Å². The number of nitrogens with zero attached hydrogens (tertiary/aromatic N) is 4. The summed E-state index contributed by atoms with van der Waals surface area (Å²) in [5.74, 6) is 0.367. The molecule has 2 fully saturated rings. The van der Waals surface area contributed by atoms with E-state index in [2.05, 4.69) is 28.9 Å². The molecule has 0 bridgehead atoms. The number of aromatic nitrogens is 1. The molecule has 1 aromatic heterocycles. The first-order chi connectivity index (χ1) is 14.1. The minimum absolute atomic E-state index is 0.0847. The summed E-state index contributed by atoms with van der Waals surface area (Å²) < 4.78 is 1.20. The fourth-order valence-electron chi connectivity index (χ4n) is 4.14. The predicted octanol–water partition coefficient (Wildman–Crippen LogP) is 4.04. The van der Waals surface area contributed by atoms with Gasteiger partial charge in [0.25, 0.3) is 0 Å². The normalized spacial score (nSPS) is 17.7. The molecule has 7 heteroatoms. The van der Waals surface area contributed by atoms with E-state index in [4.69, 9.17) is 16.6 Å².